The van der Waals surface area contributed by atoms with E-state index in [9.17, 15) is 0 Å². The molecule has 0 bridgehead atoms. The van der Waals surface area contributed by atoms with E-state index in [0.717, 1.165) is 24.3 Å². The summed E-state index contributed by atoms with van der Waals surface area (Å²) in [7, 11) is 0. The molecule has 0 spiro atoms. The summed E-state index contributed by atoms with van der Waals surface area (Å²) in [6.07, 6.45) is 7.34. The van der Waals surface area contributed by atoms with Crippen molar-refractivity contribution in [3.63, 3.8) is 0 Å². The third-order valence-electron chi connectivity index (χ3n) is 4.09. The van der Waals surface area contributed by atoms with Gasteiger partial charge in [-0.3, -0.25) is 9.38 Å². The molecule has 5 nitrogen and oxygen atoms in total. The SMILES string of the molecule is c1cnc2c(c1)CCCC2NCc1nnc2ccccn12. The highest BCUT2D eigenvalue weighted by Crippen LogP contribution is 2.27. The zero-order chi connectivity index (χ0) is 14.1. The quantitative estimate of drug-likeness (QED) is 0.799. The van der Waals surface area contributed by atoms with Crippen molar-refractivity contribution in [3.8, 4) is 0 Å². The van der Waals surface area contributed by atoms with E-state index in [4.69, 9.17) is 0 Å². The molecule has 3 aromatic heterocycles. The summed E-state index contributed by atoms with van der Waals surface area (Å²) in [4.78, 5) is 4.56. The fraction of sp³-hybridized carbons (Fsp3) is 0.312. The highest BCUT2D eigenvalue weighted by atomic mass is 15.3. The lowest BCUT2D eigenvalue weighted by Crippen LogP contribution is -2.26. The molecule has 1 aliphatic carbocycles. The van der Waals surface area contributed by atoms with Crippen LogP contribution in [0.3, 0.4) is 0 Å². The number of aryl methyl sites for hydroxylation is 1. The van der Waals surface area contributed by atoms with E-state index in [2.05, 4.69) is 26.6 Å². The average molecular weight is 279 g/mol. The van der Waals surface area contributed by atoms with Crippen molar-refractivity contribution >= 4 is 5.65 Å². The van der Waals surface area contributed by atoms with Crippen LogP contribution in [0.2, 0.25) is 0 Å². The molecule has 0 amide bonds. The minimum absolute atomic E-state index is 0.311. The van der Waals surface area contributed by atoms with Gasteiger partial charge in [0.25, 0.3) is 0 Å². The predicted molar refractivity (Wildman–Crippen MR) is 79.7 cm³/mol. The standard InChI is InChI=1S/C16H17N5/c1-2-10-21-14(8-1)19-20-15(21)11-18-13-7-3-5-12-6-4-9-17-16(12)13/h1-2,4,6,8-10,13,18H,3,5,7,11H2. The van der Waals surface area contributed by atoms with Crippen LogP contribution in [0, 0.1) is 0 Å². The molecule has 1 N–H and O–H groups in total. The number of nitrogens with one attached hydrogen (secondary N) is 1. The zero-order valence-corrected chi connectivity index (χ0v) is 11.7. The summed E-state index contributed by atoms with van der Waals surface area (Å²) in [5.74, 6) is 0.939. The second-order valence-corrected chi connectivity index (χ2v) is 5.42. The molecular weight excluding hydrogens is 262 g/mol. The Morgan fingerprint density at radius 2 is 2.19 bits per heavy atom. The van der Waals surface area contributed by atoms with Crippen LogP contribution in [0.25, 0.3) is 5.65 Å². The first-order valence-corrected chi connectivity index (χ1v) is 7.37. The Morgan fingerprint density at radius 3 is 3.19 bits per heavy atom. The van der Waals surface area contributed by atoms with Crippen LogP contribution in [-0.2, 0) is 13.0 Å². The minimum Gasteiger partial charge on any atom is -0.302 e. The van der Waals surface area contributed by atoms with Gasteiger partial charge in [0.05, 0.1) is 18.3 Å². The van der Waals surface area contributed by atoms with Gasteiger partial charge in [0.1, 0.15) is 0 Å². The van der Waals surface area contributed by atoms with Gasteiger partial charge in [-0.1, -0.05) is 12.1 Å². The highest BCUT2D eigenvalue weighted by Gasteiger charge is 2.21. The summed E-state index contributed by atoms with van der Waals surface area (Å²) in [5.41, 5.74) is 3.45. The van der Waals surface area contributed by atoms with Crippen molar-refractivity contribution in [2.24, 2.45) is 0 Å². The number of fused-ring (bicyclic) bond motifs is 2. The van der Waals surface area contributed by atoms with E-state index in [1.807, 2.05) is 41.1 Å². The van der Waals surface area contributed by atoms with Gasteiger partial charge in [-0.2, -0.15) is 0 Å². The number of hydrogen-bond donors (Lipinski definition) is 1. The largest absolute Gasteiger partial charge is 0.302 e. The smallest absolute Gasteiger partial charge is 0.160 e. The Labute approximate surface area is 123 Å². The Hall–Kier alpha value is -2.27. The number of rotatable bonds is 3. The van der Waals surface area contributed by atoms with E-state index < -0.39 is 0 Å². The monoisotopic (exact) mass is 279 g/mol. The number of pyridine rings is 2. The van der Waals surface area contributed by atoms with Crippen LogP contribution in [0.5, 0.6) is 0 Å². The van der Waals surface area contributed by atoms with Gasteiger partial charge < -0.3 is 5.32 Å². The topological polar surface area (TPSA) is 55.1 Å². The first-order valence-electron chi connectivity index (χ1n) is 7.37. The second-order valence-electron chi connectivity index (χ2n) is 5.42. The third-order valence-corrected chi connectivity index (χ3v) is 4.09. The van der Waals surface area contributed by atoms with Gasteiger partial charge in [-0.15, -0.1) is 10.2 Å². The first-order chi connectivity index (χ1) is 10.4. The van der Waals surface area contributed by atoms with E-state index in [0.29, 0.717) is 12.6 Å². The molecule has 3 aromatic rings. The molecule has 106 valence electrons. The van der Waals surface area contributed by atoms with Crippen molar-refractivity contribution in [1.29, 1.82) is 0 Å². The normalized spacial score (nSPS) is 17.8. The van der Waals surface area contributed by atoms with Crippen LogP contribution < -0.4 is 5.32 Å². The van der Waals surface area contributed by atoms with Crippen molar-refractivity contribution < 1.29 is 0 Å². The van der Waals surface area contributed by atoms with Crippen molar-refractivity contribution in [3.05, 3.63) is 59.8 Å². The van der Waals surface area contributed by atoms with Crippen LogP contribution in [0.4, 0.5) is 0 Å². The lowest BCUT2D eigenvalue weighted by Gasteiger charge is -2.24. The lowest BCUT2D eigenvalue weighted by atomic mass is 9.92. The molecule has 0 saturated carbocycles. The van der Waals surface area contributed by atoms with Crippen LogP contribution in [0.1, 0.15) is 36.0 Å². The Bertz CT molecular complexity index is 764. The molecule has 21 heavy (non-hydrogen) atoms. The predicted octanol–water partition coefficient (Wildman–Crippen LogP) is 2.29. The molecule has 5 heteroatoms. The van der Waals surface area contributed by atoms with E-state index >= 15 is 0 Å². The molecule has 0 radical (unpaired) electrons. The number of hydrogen-bond acceptors (Lipinski definition) is 4. The maximum Gasteiger partial charge on any atom is 0.160 e. The summed E-state index contributed by atoms with van der Waals surface area (Å²) in [6, 6.07) is 10.5. The molecular formula is C16H17N5. The van der Waals surface area contributed by atoms with Gasteiger partial charge in [-0.25, -0.2) is 0 Å². The highest BCUT2D eigenvalue weighted by molar-refractivity contribution is 5.37. The molecule has 0 fully saturated rings. The summed E-state index contributed by atoms with van der Waals surface area (Å²) >= 11 is 0. The number of aromatic nitrogens is 4. The molecule has 0 saturated heterocycles. The summed E-state index contributed by atoms with van der Waals surface area (Å²) < 4.78 is 2.02. The third kappa shape index (κ3) is 2.29. The Balaban J connectivity index is 1.55. The Kier molecular flexibility index (Phi) is 3.12. The van der Waals surface area contributed by atoms with Gasteiger partial charge in [0.15, 0.2) is 11.5 Å². The molecule has 3 heterocycles. The maximum absolute atomic E-state index is 4.56. The van der Waals surface area contributed by atoms with Gasteiger partial charge >= 0.3 is 0 Å². The molecule has 4 rings (SSSR count). The fourth-order valence-electron chi connectivity index (χ4n) is 3.03. The minimum atomic E-state index is 0.311. The van der Waals surface area contributed by atoms with Crippen molar-refractivity contribution in [2.45, 2.75) is 31.8 Å². The zero-order valence-electron chi connectivity index (χ0n) is 11.7. The van der Waals surface area contributed by atoms with Crippen LogP contribution in [0.15, 0.2) is 42.7 Å². The van der Waals surface area contributed by atoms with Gasteiger partial charge in [0, 0.05) is 12.4 Å². The molecule has 0 aromatic carbocycles. The average Bonchev–Trinajstić information content (AvgIpc) is 2.96. The van der Waals surface area contributed by atoms with E-state index in [1.165, 1.54) is 17.7 Å². The van der Waals surface area contributed by atoms with Crippen molar-refractivity contribution in [1.82, 2.24) is 24.9 Å². The Morgan fingerprint density at radius 1 is 1.19 bits per heavy atom. The lowest BCUT2D eigenvalue weighted by molar-refractivity contribution is 0.441. The molecule has 1 aliphatic rings. The molecule has 1 unspecified atom stereocenters. The van der Waals surface area contributed by atoms with E-state index in [-0.39, 0.29) is 0 Å². The maximum atomic E-state index is 4.56. The van der Waals surface area contributed by atoms with Crippen molar-refractivity contribution in [2.75, 3.05) is 0 Å². The van der Waals surface area contributed by atoms with Crippen LogP contribution >= 0.6 is 0 Å². The van der Waals surface area contributed by atoms with Gasteiger partial charge in [0.2, 0.25) is 0 Å². The molecule has 0 aliphatic heterocycles. The summed E-state index contributed by atoms with van der Waals surface area (Å²) in [6.45, 7) is 0.700. The second kappa shape index (κ2) is 5.26. The first kappa shape index (κ1) is 12.5. The molecule has 1 atom stereocenters. The van der Waals surface area contributed by atoms with Gasteiger partial charge in [-0.05, 0) is 43.0 Å². The summed E-state index contributed by atoms with van der Waals surface area (Å²) in [5, 5.41) is 12.0. The fourth-order valence-corrected chi connectivity index (χ4v) is 3.03. The number of nitrogens with zero attached hydrogens (tertiary/aromatic N) is 4. The van der Waals surface area contributed by atoms with Crippen LogP contribution in [-0.4, -0.2) is 19.6 Å². The van der Waals surface area contributed by atoms with E-state index in [1.54, 1.807) is 0 Å².